The average molecular weight is 177 g/mol. The first kappa shape index (κ1) is 7.19. The lowest BCUT2D eigenvalue weighted by atomic mass is 10.7. The Balaban J connectivity index is 2.48. The van der Waals surface area contributed by atoms with E-state index in [0.29, 0.717) is 0 Å². The van der Waals surface area contributed by atoms with Crippen molar-refractivity contribution < 1.29 is 0 Å². The van der Waals surface area contributed by atoms with Gasteiger partial charge in [0.2, 0.25) is 0 Å². The molecule has 0 atom stereocenters. The molecular formula is C6H5ClS2. The van der Waals surface area contributed by atoms with Crippen LogP contribution in [0.25, 0.3) is 0 Å². The Morgan fingerprint density at radius 1 is 1.67 bits per heavy atom. The van der Waals surface area contributed by atoms with Crippen molar-refractivity contribution in [3.63, 3.8) is 0 Å². The number of hydrogen-bond donors (Lipinski definition) is 0. The van der Waals surface area contributed by atoms with Gasteiger partial charge in [0, 0.05) is 5.54 Å². The predicted octanol–water partition coefficient (Wildman–Crippen LogP) is 3.55. The van der Waals surface area contributed by atoms with E-state index in [1.807, 2.05) is 16.9 Å². The molecule has 0 aliphatic heterocycles. The Labute approximate surface area is 67.5 Å². The summed E-state index contributed by atoms with van der Waals surface area (Å²) in [6.45, 7) is 0. The van der Waals surface area contributed by atoms with Crippen molar-refractivity contribution in [1.29, 1.82) is 0 Å². The molecule has 48 valence electrons. The number of thiophene rings is 1. The Hall–Kier alpha value is 0.0800. The van der Waals surface area contributed by atoms with E-state index >= 15 is 0 Å². The van der Waals surface area contributed by atoms with E-state index in [1.54, 1.807) is 23.1 Å². The molecule has 0 aliphatic rings. The summed E-state index contributed by atoms with van der Waals surface area (Å²) in [5.74, 6) is 0. The lowest BCUT2D eigenvalue weighted by molar-refractivity contribution is 1.75. The van der Waals surface area contributed by atoms with Gasteiger partial charge >= 0.3 is 0 Å². The first-order valence-electron chi connectivity index (χ1n) is 2.39. The monoisotopic (exact) mass is 176 g/mol. The second-order valence-electron chi connectivity index (χ2n) is 1.31. The van der Waals surface area contributed by atoms with Crippen LogP contribution >= 0.6 is 34.7 Å². The van der Waals surface area contributed by atoms with Crippen LogP contribution in [0, 0.1) is 0 Å². The normalized spacial score (nSPS) is 10.8. The van der Waals surface area contributed by atoms with E-state index in [4.69, 9.17) is 11.6 Å². The first-order chi connectivity index (χ1) is 4.43. The molecule has 0 nitrogen and oxygen atoms in total. The zero-order valence-electron chi connectivity index (χ0n) is 4.58. The largest absolute Gasteiger partial charge is 0.137 e. The fourth-order valence-corrected chi connectivity index (χ4v) is 1.92. The SMILES string of the molecule is ClC=CSc1cccs1. The highest BCUT2D eigenvalue weighted by Crippen LogP contribution is 2.24. The highest BCUT2D eigenvalue weighted by Gasteiger charge is 1.86. The van der Waals surface area contributed by atoms with Gasteiger partial charge in [-0.1, -0.05) is 29.4 Å². The van der Waals surface area contributed by atoms with Gasteiger partial charge in [0.05, 0.1) is 4.21 Å². The van der Waals surface area contributed by atoms with Crippen LogP contribution in [0.3, 0.4) is 0 Å². The predicted molar refractivity (Wildman–Crippen MR) is 45.2 cm³/mol. The van der Waals surface area contributed by atoms with Crippen molar-refractivity contribution in [2.45, 2.75) is 4.21 Å². The van der Waals surface area contributed by atoms with Gasteiger partial charge in [-0.15, -0.1) is 11.3 Å². The quantitative estimate of drug-likeness (QED) is 0.622. The maximum absolute atomic E-state index is 5.32. The molecular weight excluding hydrogens is 172 g/mol. The van der Waals surface area contributed by atoms with Gasteiger partial charge in [-0.2, -0.15) is 0 Å². The third kappa shape index (κ3) is 2.43. The Bertz CT molecular complexity index is 179. The third-order valence-corrected chi connectivity index (χ3v) is 2.89. The second kappa shape index (κ2) is 3.99. The van der Waals surface area contributed by atoms with Gasteiger partial charge in [0.1, 0.15) is 0 Å². The third-order valence-electron chi connectivity index (χ3n) is 0.731. The number of halogens is 1. The summed E-state index contributed by atoms with van der Waals surface area (Å²) in [5, 5.41) is 3.90. The summed E-state index contributed by atoms with van der Waals surface area (Å²) < 4.78 is 1.27. The van der Waals surface area contributed by atoms with Crippen LogP contribution in [-0.2, 0) is 0 Å². The maximum Gasteiger partial charge on any atom is 0.0640 e. The van der Waals surface area contributed by atoms with Crippen molar-refractivity contribution in [3.8, 4) is 0 Å². The summed E-state index contributed by atoms with van der Waals surface area (Å²) in [6, 6.07) is 4.08. The zero-order valence-corrected chi connectivity index (χ0v) is 6.97. The Morgan fingerprint density at radius 2 is 2.56 bits per heavy atom. The summed E-state index contributed by atoms with van der Waals surface area (Å²) in [7, 11) is 0. The standard InChI is InChI=1S/C6H5ClS2/c7-3-5-9-6-2-1-4-8-6/h1-5H. The van der Waals surface area contributed by atoms with Gasteiger partial charge < -0.3 is 0 Å². The van der Waals surface area contributed by atoms with Gasteiger partial charge in [0.15, 0.2) is 0 Å². The van der Waals surface area contributed by atoms with E-state index in [1.165, 1.54) is 9.74 Å². The fraction of sp³-hybridized carbons (Fsp3) is 0. The zero-order chi connectivity index (χ0) is 6.53. The number of thioether (sulfide) groups is 1. The van der Waals surface area contributed by atoms with Crippen molar-refractivity contribution in [3.05, 3.63) is 28.5 Å². The molecule has 1 heterocycles. The van der Waals surface area contributed by atoms with E-state index in [2.05, 4.69) is 6.07 Å². The highest BCUT2D eigenvalue weighted by molar-refractivity contribution is 8.03. The van der Waals surface area contributed by atoms with Crippen LogP contribution in [0.15, 0.2) is 32.7 Å². The minimum absolute atomic E-state index is 1.27. The maximum atomic E-state index is 5.32. The van der Waals surface area contributed by atoms with Crippen molar-refractivity contribution in [2.24, 2.45) is 0 Å². The minimum Gasteiger partial charge on any atom is -0.137 e. The molecule has 0 N–H and O–H groups in total. The average Bonchev–Trinajstić information content (AvgIpc) is 2.34. The molecule has 3 heteroatoms. The van der Waals surface area contributed by atoms with Crippen molar-refractivity contribution in [1.82, 2.24) is 0 Å². The van der Waals surface area contributed by atoms with Gasteiger partial charge in [-0.3, -0.25) is 0 Å². The molecule has 0 bridgehead atoms. The molecule has 1 aromatic rings. The molecule has 0 aliphatic carbocycles. The van der Waals surface area contributed by atoms with Crippen molar-refractivity contribution in [2.75, 3.05) is 0 Å². The molecule has 1 rings (SSSR count). The second-order valence-corrected chi connectivity index (χ2v) is 3.72. The van der Waals surface area contributed by atoms with Crippen LogP contribution in [-0.4, -0.2) is 0 Å². The molecule has 0 spiro atoms. The van der Waals surface area contributed by atoms with Gasteiger partial charge in [-0.05, 0) is 16.9 Å². The molecule has 0 unspecified atom stereocenters. The van der Waals surface area contributed by atoms with Gasteiger partial charge in [-0.25, -0.2) is 0 Å². The Kier molecular flexibility index (Phi) is 3.18. The van der Waals surface area contributed by atoms with Crippen LogP contribution in [0.4, 0.5) is 0 Å². The van der Waals surface area contributed by atoms with Crippen LogP contribution in [0.1, 0.15) is 0 Å². The lowest BCUT2D eigenvalue weighted by Crippen LogP contribution is -1.47. The lowest BCUT2D eigenvalue weighted by Gasteiger charge is -1.82. The molecule has 0 aromatic carbocycles. The topological polar surface area (TPSA) is 0 Å². The molecule has 0 saturated heterocycles. The summed E-state index contributed by atoms with van der Waals surface area (Å²) in [6.07, 6.45) is 0. The summed E-state index contributed by atoms with van der Waals surface area (Å²) >= 11 is 8.67. The van der Waals surface area contributed by atoms with E-state index < -0.39 is 0 Å². The smallest absolute Gasteiger partial charge is 0.0640 e. The minimum atomic E-state index is 1.27. The van der Waals surface area contributed by atoms with E-state index in [9.17, 15) is 0 Å². The van der Waals surface area contributed by atoms with E-state index in [0.717, 1.165) is 0 Å². The van der Waals surface area contributed by atoms with Crippen molar-refractivity contribution >= 4 is 34.7 Å². The molecule has 0 fully saturated rings. The molecule has 1 aromatic heterocycles. The summed E-state index contributed by atoms with van der Waals surface area (Å²) in [5.41, 5.74) is 1.52. The van der Waals surface area contributed by atoms with Gasteiger partial charge in [0.25, 0.3) is 0 Å². The molecule has 0 saturated carbocycles. The van der Waals surface area contributed by atoms with E-state index in [-0.39, 0.29) is 0 Å². The van der Waals surface area contributed by atoms with Crippen LogP contribution in [0.2, 0.25) is 0 Å². The van der Waals surface area contributed by atoms with Crippen LogP contribution in [0.5, 0.6) is 0 Å². The highest BCUT2D eigenvalue weighted by atomic mass is 35.5. The number of hydrogen-bond acceptors (Lipinski definition) is 2. The Morgan fingerprint density at radius 3 is 3.11 bits per heavy atom. The van der Waals surface area contributed by atoms with Crippen LogP contribution < -0.4 is 0 Å². The molecule has 9 heavy (non-hydrogen) atoms. The fourth-order valence-electron chi connectivity index (χ4n) is 0.423. The molecule has 0 amide bonds. The summed E-state index contributed by atoms with van der Waals surface area (Å²) in [4.78, 5) is 0. The number of rotatable bonds is 2. The first-order valence-corrected chi connectivity index (χ1v) is 4.58. The molecule has 0 radical (unpaired) electrons.